The largest absolute Gasteiger partial charge is 0.481 e. The molecule has 0 aliphatic rings. The van der Waals surface area contributed by atoms with Gasteiger partial charge in [-0.05, 0) is 98.8 Å². The van der Waals surface area contributed by atoms with E-state index in [4.69, 9.17) is 85.5 Å². The van der Waals surface area contributed by atoms with Gasteiger partial charge in [0, 0.05) is 95.1 Å². The highest BCUT2D eigenvalue weighted by Gasteiger charge is 2.09. The van der Waals surface area contributed by atoms with Crippen LogP contribution in [0.5, 0.6) is 0 Å². The Morgan fingerprint density at radius 2 is 0.675 bits per heavy atom. The first-order chi connectivity index (χ1) is 55.4. The molecule has 7 N–H and O–H groups in total. The van der Waals surface area contributed by atoms with Crippen molar-refractivity contribution in [1.82, 2.24) is 0 Å². The average Bonchev–Trinajstić information content (AvgIpc) is 0.720. The number of hydrogen-bond acceptors (Lipinski definition) is 10. The van der Waals surface area contributed by atoms with E-state index in [1.807, 2.05) is 12.1 Å². The van der Waals surface area contributed by atoms with Gasteiger partial charge in [0.05, 0.1) is 41.1 Å². The molecule has 0 atom stereocenters. The minimum Gasteiger partial charge on any atom is -0.481 e. The molecule has 7 aromatic rings. The summed E-state index contributed by atoms with van der Waals surface area (Å²) in [7, 11) is 0. The van der Waals surface area contributed by atoms with Gasteiger partial charge in [-0.1, -0.05) is 212 Å². The fourth-order valence-electron chi connectivity index (χ4n) is 5.18. The van der Waals surface area contributed by atoms with Gasteiger partial charge in [-0.3, -0.25) is 28.8 Å². The summed E-state index contributed by atoms with van der Waals surface area (Å²) in [5, 5.41) is 61.7. The van der Waals surface area contributed by atoms with Crippen LogP contribution in [0, 0.1) is 0 Å². The Morgan fingerprint density at radius 1 is 0.325 bits per heavy atom. The second-order valence-corrected chi connectivity index (χ2v) is 14.8. The lowest BCUT2D eigenvalue weighted by Crippen LogP contribution is -2.03. The number of aliphatic carboxylic acids is 3. The highest BCUT2D eigenvalue weighted by molar-refractivity contribution is 5.98. The number of ketones is 3. The summed E-state index contributed by atoms with van der Waals surface area (Å²) in [4.78, 5) is 65.9. The molecule has 0 aromatic heterocycles. The third-order valence-electron chi connectivity index (χ3n) is 8.85. The zero-order valence-electron chi connectivity index (χ0n) is 84.0. The summed E-state index contributed by atoms with van der Waals surface area (Å²) < 4.78 is 297. The zero-order chi connectivity index (χ0) is 96.4. The Bertz CT molecular complexity index is 4640. The number of carboxylic acid groups (broad SMARTS) is 3. The first kappa shape index (κ1) is 30.9. The fourth-order valence-corrected chi connectivity index (χ4v) is 5.18. The number of carbonyl (C=O) groups excluding carboxylic acids is 3. The lowest BCUT2D eigenvalue weighted by Gasteiger charge is -1.97. The Morgan fingerprint density at radius 3 is 1.07 bits per heavy atom. The van der Waals surface area contributed by atoms with Crippen molar-refractivity contribution in [1.29, 1.82) is 0 Å². The Balaban J connectivity index is 0.000000722. The number of aliphatic hydroxyl groups excluding tert-OH is 1. The van der Waals surface area contributed by atoms with E-state index in [0.717, 1.165) is 5.56 Å². The summed E-state index contributed by atoms with van der Waals surface area (Å²) in [6, 6.07) is 32.3. The minimum absolute atomic E-state index is 0.0403. The van der Waals surface area contributed by atoms with E-state index < -0.39 is 217 Å². The summed E-state index contributed by atoms with van der Waals surface area (Å²) in [5.74, 6) is -6.21. The predicted molar refractivity (Wildman–Crippen MR) is 329 cm³/mol. The van der Waals surface area contributed by atoms with Crippen molar-refractivity contribution in [3.63, 3.8) is 0 Å². The lowest BCUT2D eigenvalue weighted by molar-refractivity contribution is -0.137. The molecule has 0 spiro atoms. The molecule has 7 aromatic carbocycles. The maximum absolute atomic E-state index is 11.7. The van der Waals surface area contributed by atoms with Gasteiger partial charge >= 0.3 is 17.9 Å². The van der Waals surface area contributed by atoms with E-state index >= 15 is 0 Å². The van der Waals surface area contributed by atoms with E-state index in [1.54, 1.807) is 91.0 Å². The summed E-state index contributed by atoms with van der Waals surface area (Å²) in [6.07, 6.45) is -38.1. The molecule has 0 amide bonds. The molecule has 0 aliphatic heterocycles. The smallest absolute Gasteiger partial charge is 0.303 e. The van der Waals surface area contributed by atoms with Gasteiger partial charge in [-0.25, -0.2) is 0 Å². The van der Waals surface area contributed by atoms with Gasteiger partial charge in [-0.15, -0.1) is 0 Å². The zero-order valence-corrected chi connectivity index (χ0v) is 44.0. The van der Waals surface area contributed by atoms with E-state index in [2.05, 4.69) is 0 Å². The predicted octanol–water partition coefficient (Wildman–Crippen LogP) is 13.2. The third-order valence-corrected chi connectivity index (χ3v) is 8.85. The van der Waals surface area contributed by atoms with Gasteiger partial charge in [0.25, 0.3) is 0 Å². The number of carboxylic acids is 3. The van der Waals surface area contributed by atoms with Crippen LogP contribution in [0.4, 0.5) is 0 Å². The van der Waals surface area contributed by atoms with Gasteiger partial charge < -0.3 is 35.7 Å². The van der Waals surface area contributed by atoms with Crippen LogP contribution in [0.2, 0.25) is 0 Å². The van der Waals surface area contributed by atoms with Gasteiger partial charge in [0.2, 0.25) is 0 Å². The minimum atomic E-state index is -3.80. The summed E-state index contributed by atoms with van der Waals surface area (Å²) in [6.45, 7) is -11.4. The van der Waals surface area contributed by atoms with Crippen LogP contribution in [0.1, 0.15) is 198 Å². The van der Waals surface area contributed by atoms with Crippen LogP contribution in [0.25, 0.3) is 0 Å². The topological polar surface area (TPSA) is 244 Å². The van der Waals surface area contributed by atoms with Crippen molar-refractivity contribution in [2.75, 3.05) is 26.3 Å². The van der Waals surface area contributed by atoms with Crippen LogP contribution in [-0.4, -0.2) is 97.3 Å². The Labute approximate surface area is 547 Å². The van der Waals surface area contributed by atoms with Crippen LogP contribution < -0.4 is 0 Å². The number of Topliss-reactive ketones (excluding diaryl/α,β-unsaturated/α-hetero) is 3. The number of aliphatic hydroxyl groups is 4. The molecule has 0 heterocycles. The molecule has 7 rings (SSSR count). The summed E-state index contributed by atoms with van der Waals surface area (Å²) in [5.41, 5.74) is 0.0267. The van der Waals surface area contributed by atoms with Crippen molar-refractivity contribution in [2.45, 2.75) is 115 Å². The molecule has 0 unspecified atom stereocenters. The molecule has 13 heteroatoms. The normalized spacial score (nSPS) is 19.4. The molecule has 83 heavy (non-hydrogen) atoms. The number of carbonyl (C=O) groups is 6. The second kappa shape index (κ2) is 50.7. The molecular formula is C70H86O13. The second-order valence-electron chi connectivity index (χ2n) is 14.8. The molecule has 0 aliphatic carbocycles. The average molecular weight is 1180 g/mol. The molecule has 444 valence electrons. The molecule has 0 radical (unpaired) electrons. The van der Waals surface area contributed by atoms with Gasteiger partial charge in [0.15, 0.2) is 17.3 Å². The van der Waals surface area contributed by atoms with Crippen molar-refractivity contribution < 1.29 is 119 Å². The van der Waals surface area contributed by atoms with E-state index in [0.29, 0.717) is 11.1 Å². The van der Waals surface area contributed by atoms with E-state index in [1.165, 1.54) is 48.5 Å². The number of rotatable bonds is 28. The number of aryl methyl sites for hydroxylation is 3. The molecular weight excluding hydrogens is 1050 g/mol. The summed E-state index contributed by atoms with van der Waals surface area (Å²) >= 11 is 0. The molecule has 0 saturated heterocycles. The SMILES string of the molecule is O=C(O)CCC(=O)c1ccccc1.[2H]C([2H])(C(=O)O)C([2H])([2H])C(=O)c1ccccc1.[2H]C([2H])(CO)C([2H])([2H])Cc1ccccc1.[2H]C([2H])(O)C([2H])([2H])C([2H])([2H])C([2H])([2H])c1ccccc1.[2H]C([2H])(O)C([2H])([2H])C([2H])([2H])Cc1ccccc1.[2H]c1c([2H])c([2H])c(C(=O)CCC(=O)O)c([2H])c1[2H].[2H]c1c([2H])c([2H])c(C([2H])([2H])C([2H])([2H])C([2H])([2H])C([2H])([2H])O)c([2H])c1[2H]. The Kier molecular flexibility index (Phi) is 18.9. The quantitative estimate of drug-likeness (QED) is 0.0226. The van der Waals surface area contributed by atoms with Gasteiger partial charge in [0.1, 0.15) is 0 Å². The fraction of sp³-hybridized carbons (Fsp3) is 0.314. The third kappa shape index (κ3) is 42.3. The van der Waals surface area contributed by atoms with E-state index in [-0.39, 0.29) is 42.6 Å². The van der Waals surface area contributed by atoms with Gasteiger partial charge in [-0.2, -0.15) is 0 Å². The van der Waals surface area contributed by atoms with Crippen molar-refractivity contribution >= 4 is 35.3 Å². The van der Waals surface area contributed by atoms with Crippen LogP contribution in [0.15, 0.2) is 212 Å². The van der Waals surface area contributed by atoms with Crippen LogP contribution in [-0.2, 0) is 40.0 Å². The van der Waals surface area contributed by atoms with Crippen LogP contribution >= 0.6 is 0 Å². The maximum Gasteiger partial charge on any atom is 0.303 e. The number of hydrogen-bond donors (Lipinski definition) is 7. The Hall–Kier alpha value is -8.20. The monoisotopic (exact) mass is 1170 g/mol. The standard InChI is InChI=1S/3C10H10O3.4C10H14O/c3*11-9(6-7-10(12)13)8-4-2-1-3-5-8;4*11-9-5-4-8-10-6-2-1-3-7-10/h3*1-5H,6-7H2,(H,12,13);4*1-3,6-7,11H,4-5,8-9H2/i1D,2D,3D,4D,5D;6D2,7D2;;1D,2D,3D,4D2,5D2,6D,7D,8D2,9D2;4D2,5D2,8D2,9D2;4D2,5D2,9D2;4D2,5D2. The van der Waals surface area contributed by atoms with Crippen molar-refractivity contribution in [3.8, 4) is 0 Å². The maximum atomic E-state index is 11.7. The first-order valence-electron chi connectivity index (χ1n) is 43.9. The van der Waals surface area contributed by atoms with E-state index in [9.17, 15) is 33.9 Å². The lowest BCUT2D eigenvalue weighted by atomic mass is 10.1. The molecule has 13 nitrogen and oxygen atoms in total. The molecule has 0 fully saturated rings. The number of benzene rings is 7. The van der Waals surface area contributed by atoms with Crippen molar-refractivity contribution in [2.24, 2.45) is 0 Å². The highest BCUT2D eigenvalue weighted by Crippen LogP contribution is 2.09. The first-order valence-corrected chi connectivity index (χ1v) is 23.9. The highest BCUT2D eigenvalue weighted by atomic mass is 16.4. The van der Waals surface area contributed by atoms with Crippen molar-refractivity contribution in [3.05, 3.63) is 251 Å². The molecule has 0 bridgehead atoms. The molecule has 0 saturated carbocycles. The van der Waals surface area contributed by atoms with Crippen LogP contribution in [0.3, 0.4) is 0 Å².